The van der Waals surface area contributed by atoms with E-state index >= 15 is 0 Å². The monoisotopic (exact) mass is 411 g/mol. The van der Waals surface area contributed by atoms with Crippen LogP contribution in [0.3, 0.4) is 0 Å². The highest BCUT2D eigenvalue weighted by atomic mass is 35.5. The molecule has 1 aromatic carbocycles. The number of halogens is 2. The number of rotatable bonds is 3. The van der Waals surface area contributed by atoms with Gasteiger partial charge in [0.05, 0.1) is 16.8 Å². The van der Waals surface area contributed by atoms with Crippen molar-refractivity contribution < 1.29 is 9.59 Å². The molecule has 2 heterocycles. The molecule has 5 nitrogen and oxygen atoms in total. The Morgan fingerprint density at radius 3 is 2.70 bits per heavy atom. The third kappa shape index (κ3) is 3.82. The molecule has 4 unspecified atom stereocenters. The second-order valence-corrected chi connectivity index (χ2v) is 8.21. The van der Waals surface area contributed by atoms with Gasteiger partial charge in [0.25, 0.3) is 0 Å². The van der Waals surface area contributed by atoms with Crippen molar-refractivity contribution in [3.05, 3.63) is 29.3 Å². The molecule has 1 saturated carbocycles. The summed E-state index contributed by atoms with van der Waals surface area (Å²) in [6.07, 6.45) is 6.45. The van der Waals surface area contributed by atoms with Crippen molar-refractivity contribution >= 4 is 41.5 Å². The molecule has 2 aliphatic heterocycles. The standard InChI is InChI=1S/C20H26ClN3O2.ClH/c1-23(19(25)16-12-13-6-2-4-8-15(13)22-16)18-10-11-24(20(18)26)17-9-5-3-7-14(17)21;/h3,5,7,9,13,15-16,18,22H,2,4,6,8,10-12H2,1H3;1H. The third-order valence-corrected chi connectivity index (χ3v) is 6.62. The number of nitrogens with zero attached hydrogens (tertiary/aromatic N) is 2. The molecule has 2 amide bonds. The van der Waals surface area contributed by atoms with Crippen LogP contribution in [0.1, 0.15) is 38.5 Å². The summed E-state index contributed by atoms with van der Waals surface area (Å²) in [5, 5.41) is 4.09. The van der Waals surface area contributed by atoms with E-state index < -0.39 is 6.04 Å². The highest BCUT2D eigenvalue weighted by molar-refractivity contribution is 6.34. The molecule has 1 aromatic rings. The van der Waals surface area contributed by atoms with E-state index in [4.69, 9.17) is 11.6 Å². The van der Waals surface area contributed by atoms with E-state index in [0.717, 1.165) is 12.1 Å². The van der Waals surface area contributed by atoms with Crippen LogP contribution in [0.2, 0.25) is 5.02 Å². The fourth-order valence-electron chi connectivity index (χ4n) is 4.84. The first-order valence-corrected chi connectivity index (χ1v) is 10.0. The molecule has 3 aliphatic rings. The summed E-state index contributed by atoms with van der Waals surface area (Å²) >= 11 is 6.25. The van der Waals surface area contributed by atoms with Crippen LogP contribution in [0.5, 0.6) is 0 Å². The van der Waals surface area contributed by atoms with Crippen molar-refractivity contribution in [3.8, 4) is 0 Å². The first-order chi connectivity index (χ1) is 12.6. The fraction of sp³-hybridized carbons (Fsp3) is 0.600. The number of hydrogen-bond donors (Lipinski definition) is 1. The molecule has 7 heteroatoms. The van der Waals surface area contributed by atoms with Gasteiger partial charge >= 0.3 is 0 Å². The van der Waals surface area contributed by atoms with Crippen molar-refractivity contribution in [2.45, 2.75) is 56.7 Å². The van der Waals surface area contributed by atoms with Crippen LogP contribution < -0.4 is 10.2 Å². The molecule has 3 fully saturated rings. The number of hydrogen-bond acceptors (Lipinski definition) is 3. The third-order valence-electron chi connectivity index (χ3n) is 6.30. The number of anilines is 1. The summed E-state index contributed by atoms with van der Waals surface area (Å²) in [7, 11) is 1.77. The van der Waals surface area contributed by atoms with Gasteiger partial charge in [0.15, 0.2) is 0 Å². The maximum absolute atomic E-state index is 13.0. The molecule has 0 radical (unpaired) electrons. The number of carbonyl (C=O) groups excluding carboxylic acids is 2. The minimum absolute atomic E-state index is 0. The predicted octanol–water partition coefficient (Wildman–Crippen LogP) is 3.25. The number of carbonyl (C=O) groups is 2. The summed E-state index contributed by atoms with van der Waals surface area (Å²) < 4.78 is 0. The van der Waals surface area contributed by atoms with Crippen LogP contribution in [0, 0.1) is 5.92 Å². The van der Waals surface area contributed by atoms with Gasteiger partial charge in [0.1, 0.15) is 6.04 Å². The minimum Gasteiger partial charge on any atom is -0.332 e. The molecule has 0 spiro atoms. The molecule has 148 valence electrons. The minimum atomic E-state index is -0.400. The fourth-order valence-corrected chi connectivity index (χ4v) is 5.08. The Morgan fingerprint density at radius 2 is 1.96 bits per heavy atom. The number of amides is 2. The molecule has 1 aliphatic carbocycles. The summed E-state index contributed by atoms with van der Waals surface area (Å²) in [6, 6.07) is 7.30. The maximum Gasteiger partial charge on any atom is 0.249 e. The van der Waals surface area contributed by atoms with Crippen LogP contribution >= 0.6 is 24.0 Å². The van der Waals surface area contributed by atoms with Crippen LogP contribution in [-0.4, -0.2) is 48.4 Å². The Bertz CT molecular complexity index is 700. The molecule has 0 bridgehead atoms. The van der Waals surface area contributed by atoms with Gasteiger partial charge in [0.2, 0.25) is 11.8 Å². The van der Waals surface area contributed by atoms with Gasteiger partial charge < -0.3 is 15.1 Å². The summed E-state index contributed by atoms with van der Waals surface area (Å²) in [6.45, 7) is 0.591. The summed E-state index contributed by atoms with van der Waals surface area (Å²) in [5.41, 5.74) is 0.729. The van der Waals surface area contributed by atoms with Crippen molar-refractivity contribution in [3.63, 3.8) is 0 Å². The lowest BCUT2D eigenvalue weighted by molar-refractivity contribution is -0.138. The van der Waals surface area contributed by atoms with Gasteiger partial charge in [-0.25, -0.2) is 0 Å². The van der Waals surface area contributed by atoms with Gasteiger partial charge in [-0.2, -0.15) is 0 Å². The van der Waals surface area contributed by atoms with Crippen LogP contribution in [0.25, 0.3) is 0 Å². The van der Waals surface area contributed by atoms with Crippen molar-refractivity contribution in [1.82, 2.24) is 10.2 Å². The first kappa shape index (κ1) is 20.4. The topological polar surface area (TPSA) is 52.7 Å². The number of benzene rings is 1. The predicted molar refractivity (Wildman–Crippen MR) is 110 cm³/mol. The van der Waals surface area contributed by atoms with E-state index in [9.17, 15) is 9.59 Å². The maximum atomic E-state index is 13.0. The van der Waals surface area contributed by atoms with Gasteiger partial charge in [-0.15, -0.1) is 12.4 Å². The molecular weight excluding hydrogens is 385 g/mol. The van der Waals surface area contributed by atoms with Gasteiger partial charge in [-0.3, -0.25) is 9.59 Å². The molecule has 4 atom stereocenters. The van der Waals surface area contributed by atoms with Gasteiger partial charge in [-0.1, -0.05) is 36.6 Å². The smallest absolute Gasteiger partial charge is 0.249 e. The van der Waals surface area contributed by atoms with Crippen LogP contribution in [0.15, 0.2) is 24.3 Å². The average Bonchev–Trinajstić information content (AvgIpc) is 3.24. The van der Waals surface area contributed by atoms with E-state index in [2.05, 4.69) is 5.32 Å². The van der Waals surface area contributed by atoms with Crippen LogP contribution in [0.4, 0.5) is 5.69 Å². The summed E-state index contributed by atoms with van der Waals surface area (Å²) in [5.74, 6) is 0.633. The largest absolute Gasteiger partial charge is 0.332 e. The molecule has 0 aromatic heterocycles. The van der Waals surface area contributed by atoms with Crippen molar-refractivity contribution in [1.29, 1.82) is 0 Å². The second kappa shape index (κ2) is 8.38. The second-order valence-electron chi connectivity index (χ2n) is 7.80. The molecule has 2 saturated heterocycles. The van der Waals surface area contributed by atoms with E-state index in [-0.39, 0.29) is 30.3 Å². The Morgan fingerprint density at radius 1 is 1.22 bits per heavy atom. The Hall–Kier alpha value is -1.30. The number of likely N-dealkylation sites (N-methyl/N-ethyl adjacent to an activating group) is 1. The quantitative estimate of drug-likeness (QED) is 0.830. The molecule has 4 rings (SSSR count). The number of nitrogens with one attached hydrogen (secondary N) is 1. The summed E-state index contributed by atoms with van der Waals surface area (Å²) in [4.78, 5) is 29.3. The Kier molecular flexibility index (Phi) is 6.34. The zero-order valence-corrected chi connectivity index (χ0v) is 17.1. The van der Waals surface area contributed by atoms with E-state index in [1.54, 1.807) is 22.9 Å². The highest BCUT2D eigenvalue weighted by Crippen LogP contribution is 2.35. The Labute approximate surface area is 171 Å². The van der Waals surface area contributed by atoms with Crippen LogP contribution in [-0.2, 0) is 9.59 Å². The zero-order valence-electron chi connectivity index (χ0n) is 15.6. The van der Waals surface area contributed by atoms with E-state index in [1.807, 2.05) is 18.2 Å². The van der Waals surface area contributed by atoms with Crippen molar-refractivity contribution in [2.24, 2.45) is 5.92 Å². The van der Waals surface area contributed by atoms with Crippen molar-refractivity contribution in [2.75, 3.05) is 18.5 Å². The van der Waals surface area contributed by atoms with E-state index in [0.29, 0.717) is 29.9 Å². The number of para-hydroxylation sites is 1. The van der Waals surface area contributed by atoms with E-state index in [1.165, 1.54) is 25.7 Å². The average molecular weight is 412 g/mol. The lowest BCUT2D eigenvalue weighted by atomic mass is 9.85. The van der Waals surface area contributed by atoms with Gasteiger partial charge in [-0.05, 0) is 43.7 Å². The molecule has 27 heavy (non-hydrogen) atoms. The normalized spacial score (nSPS) is 30.0. The lowest BCUT2D eigenvalue weighted by Gasteiger charge is -2.27. The lowest BCUT2D eigenvalue weighted by Crippen LogP contribution is -2.50. The zero-order chi connectivity index (χ0) is 18.3. The first-order valence-electron chi connectivity index (χ1n) is 9.65. The Balaban J connectivity index is 0.00000210. The highest BCUT2D eigenvalue weighted by Gasteiger charge is 2.43. The molecular formula is C20H27Cl2N3O2. The SMILES string of the molecule is CN(C(=O)C1CC2CCCCC2N1)C1CCN(c2ccccc2Cl)C1=O.Cl. The molecule has 1 N–H and O–H groups in total. The number of fused-ring (bicyclic) bond motifs is 1. The van der Waals surface area contributed by atoms with Gasteiger partial charge in [0, 0.05) is 19.6 Å².